The number of hydrogen-bond acceptors (Lipinski definition) is 3. The zero-order chi connectivity index (χ0) is 22.2. The third kappa shape index (κ3) is 5.97. The Kier molecular flexibility index (Phi) is 8.29. The van der Waals surface area contributed by atoms with E-state index in [4.69, 9.17) is 4.74 Å². The van der Waals surface area contributed by atoms with Gasteiger partial charge in [0.2, 0.25) is 0 Å². The average molecular weight is 426 g/mol. The number of anilines is 1. The van der Waals surface area contributed by atoms with Crippen LogP contribution in [-0.2, 0) is 4.74 Å². The first-order valence-corrected chi connectivity index (χ1v) is 11.5. The molecule has 2 amide bonds. The van der Waals surface area contributed by atoms with Gasteiger partial charge in [-0.2, -0.15) is 0 Å². The molecular weight excluding hydrogens is 390 g/mol. The minimum Gasteiger partial charge on any atom is -0.382 e. The Morgan fingerprint density at radius 3 is 2.61 bits per heavy atom. The van der Waals surface area contributed by atoms with E-state index < -0.39 is 0 Å². The van der Waals surface area contributed by atoms with Gasteiger partial charge in [0.05, 0.1) is 5.56 Å². The molecule has 2 N–H and O–H groups in total. The monoisotopic (exact) mass is 425 g/mol. The van der Waals surface area contributed by atoms with Gasteiger partial charge in [-0.1, -0.05) is 25.3 Å². The van der Waals surface area contributed by atoms with Crippen LogP contribution in [0.25, 0.3) is 0 Å². The van der Waals surface area contributed by atoms with E-state index in [-0.39, 0.29) is 11.8 Å². The van der Waals surface area contributed by atoms with E-state index in [1.165, 1.54) is 32.1 Å². The van der Waals surface area contributed by atoms with E-state index >= 15 is 0 Å². The lowest BCUT2D eigenvalue weighted by atomic mass is 9.95. The van der Waals surface area contributed by atoms with Gasteiger partial charge >= 0.3 is 0 Å². The summed E-state index contributed by atoms with van der Waals surface area (Å²) in [7, 11) is 0. The molecule has 0 saturated heterocycles. The summed E-state index contributed by atoms with van der Waals surface area (Å²) < 4.78 is 7.62. The van der Waals surface area contributed by atoms with Gasteiger partial charge < -0.3 is 19.9 Å². The molecule has 31 heavy (non-hydrogen) atoms. The molecule has 6 nitrogen and oxygen atoms in total. The Hall–Kier alpha value is -2.60. The van der Waals surface area contributed by atoms with Crippen LogP contribution < -0.4 is 10.6 Å². The summed E-state index contributed by atoms with van der Waals surface area (Å²) in [6, 6.07) is 9.54. The Morgan fingerprint density at radius 1 is 1.10 bits per heavy atom. The molecule has 3 rings (SSSR count). The maximum Gasteiger partial charge on any atom is 0.257 e. The summed E-state index contributed by atoms with van der Waals surface area (Å²) in [5, 5.41) is 5.86. The largest absolute Gasteiger partial charge is 0.382 e. The summed E-state index contributed by atoms with van der Waals surface area (Å²) >= 11 is 0. The number of carbonyl (C=O) groups excluding carboxylic acids is 2. The van der Waals surface area contributed by atoms with Gasteiger partial charge in [-0.15, -0.1) is 0 Å². The Balaban J connectivity index is 1.64. The van der Waals surface area contributed by atoms with Crippen molar-refractivity contribution in [3.05, 3.63) is 52.8 Å². The predicted molar refractivity (Wildman–Crippen MR) is 124 cm³/mol. The van der Waals surface area contributed by atoms with Gasteiger partial charge in [0.1, 0.15) is 0 Å². The van der Waals surface area contributed by atoms with Crippen LogP contribution in [0.5, 0.6) is 0 Å². The molecule has 0 radical (unpaired) electrons. The van der Waals surface area contributed by atoms with Crippen LogP contribution in [0.2, 0.25) is 0 Å². The molecule has 1 aromatic heterocycles. The van der Waals surface area contributed by atoms with Crippen LogP contribution in [0, 0.1) is 13.8 Å². The van der Waals surface area contributed by atoms with E-state index in [9.17, 15) is 9.59 Å². The third-order valence-corrected chi connectivity index (χ3v) is 6.01. The van der Waals surface area contributed by atoms with Gasteiger partial charge in [0.15, 0.2) is 0 Å². The molecule has 1 aromatic carbocycles. The average Bonchev–Trinajstić information content (AvgIpc) is 3.08. The minimum atomic E-state index is -0.150. The normalized spacial score (nSPS) is 14.4. The van der Waals surface area contributed by atoms with E-state index in [0.29, 0.717) is 42.6 Å². The lowest BCUT2D eigenvalue weighted by Gasteiger charge is -2.26. The molecule has 1 heterocycles. The number of carbonyl (C=O) groups is 2. The number of hydrogen-bond donors (Lipinski definition) is 2. The minimum absolute atomic E-state index is 0.135. The second kappa shape index (κ2) is 11.1. The van der Waals surface area contributed by atoms with Gasteiger partial charge in [0.25, 0.3) is 11.8 Å². The number of rotatable bonds is 9. The molecule has 1 aliphatic rings. The molecule has 168 valence electrons. The summed E-state index contributed by atoms with van der Waals surface area (Å²) in [5.74, 6) is -0.285. The maximum absolute atomic E-state index is 13.0. The maximum atomic E-state index is 13.0. The molecule has 0 atom stereocenters. The van der Waals surface area contributed by atoms with E-state index in [1.807, 2.05) is 26.0 Å². The fourth-order valence-corrected chi connectivity index (χ4v) is 4.47. The highest BCUT2D eigenvalue weighted by Gasteiger charge is 2.22. The highest BCUT2D eigenvalue weighted by atomic mass is 16.5. The number of benzene rings is 1. The van der Waals surface area contributed by atoms with Crippen molar-refractivity contribution in [2.75, 3.05) is 25.1 Å². The van der Waals surface area contributed by atoms with Crippen molar-refractivity contribution in [2.24, 2.45) is 0 Å². The van der Waals surface area contributed by atoms with Crippen molar-refractivity contribution in [3.63, 3.8) is 0 Å². The molecule has 0 spiro atoms. The van der Waals surface area contributed by atoms with Crippen LogP contribution in [0.4, 0.5) is 5.69 Å². The fourth-order valence-electron chi connectivity index (χ4n) is 4.47. The second-order valence-electron chi connectivity index (χ2n) is 8.29. The summed E-state index contributed by atoms with van der Waals surface area (Å²) in [6.07, 6.45) is 6.94. The van der Waals surface area contributed by atoms with Crippen molar-refractivity contribution >= 4 is 17.5 Å². The lowest BCUT2D eigenvalue weighted by molar-refractivity contribution is 0.0943. The van der Waals surface area contributed by atoms with Gasteiger partial charge in [-0.3, -0.25) is 9.59 Å². The Morgan fingerprint density at radius 2 is 1.87 bits per heavy atom. The zero-order valence-corrected chi connectivity index (χ0v) is 19.0. The molecule has 1 aliphatic carbocycles. The standard InChI is InChI=1S/C25H35N3O3/c1-4-31-15-9-14-26-24(29)20-10-8-11-21(17-20)27-25(30)23-16-18(2)28(19(23)3)22-12-6-5-7-13-22/h8,10-11,16-17,22H,4-7,9,12-15H2,1-3H3,(H,26,29)(H,27,30). The molecular formula is C25H35N3O3. The SMILES string of the molecule is CCOCCCNC(=O)c1cccc(NC(=O)c2cc(C)n(C3CCCCC3)c2C)c1. The second-order valence-corrected chi connectivity index (χ2v) is 8.29. The zero-order valence-electron chi connectivity index (χ0n) is 19.0. The number of amides is 2. The van der Waals surface area contributed by atoms with Crippen molar-refractivity contribution in [1.29, 1.82) is 0 Å². The molecule has 0 unspecified atom stereocenters. The first-order chi connectivity index (χ1) is 15.0. The highest BCUT2D eigenvalue weighted by molar-refractivity contribution is 6.06. The fraction of sp³-hybridized carbons (Fsp3) is 0.520. The molecule has 0 bridgehead atoms. The molecule has 1 fully saturated rings. The van der Waals surface area contributed by atoms with E-state index in [2.05, 4.69) is 22.1 Å². The first kappa shape index (κ1) is 23.1. The van der Waals surface area contributed by atoms with Crippen LogP contribution >= 0.6 is 0 Å². The van der Waals surface area contributed by atoms with Crippen molar-refractivity contribution < 1.29 is 14.3 Å². The highest BCUT2D eigenvalue weighted by Crippen LogP contribution is 2.32. The summed E-state index contributed by atoms with van der Waals surface area (Å²) in [6.45, 7) is 7.93. The Labute approximate surface area is 185 Å². The number of ether oxygens (including phenoxy) is 1. The molecule has 6 heteroatoms. The van der Waals surface area contributed by atoms with Crippen molar-refractivity contribution in [3.8, 4) is 0 Å². The topological polar surface area (TPSA) is 72.4 Å². The summed E-state index contributed by atoms with van der Waals surface area (Å²) in [5.41, 5.74) is 4.00. The molecule has 1 saturated carbocycles. The first-order valence-electron chi connectivity index (χ1n) is 11.5. The predicted octanol–water partition coefficient (Wildman–Crippen LogP) is 5.02. The van der Waals surface area contributed by atoms with Crippen LogP contribution in [0.3, 0.4) is 0 Å². The van der Waals surface area contributed by atoms with Crippen molar-refractivity contribution in [2.45, 2.75) is 65.3 Å². The van der Waals surface area contributed by atoms with E-state index in [1.54, 1.807) is 18.2 Å². The van der Waals surface area contributed by atoms with Crippen LogP contribution in [0.15, 0.2) is 30.3 Å². The number of aromatic nitrogens is 1. The molecule has 2 aromatic rings. The quantitative estimate of drug-likeness (QED) is 0.554. The summed E-state index contributed by atoms with van der Waals surface area (Å²) in [4.78, 5) is 25.4. The lowest BCUT2D eigenvalue weighted by Crippen LogP contribution is -2.25. The van der Waals surface area contributed by atoms with Crippen molar-refractivity contribution in [1.82, 2.24) is 9.88 Å². The number of nitrogens with zero attached hydrogens (tertiary/aromatic N) is 1. The Bertz CT molecular complexity index is 897. The van der Waals surface area contributed by atoms with Gasteiger partial charge in [-0.25, -0.2) is 0 Å². The van der Waals surface area contributed by atoms with E-state index in [0.717, 1.165) is 17.8 Å². The van der Waals surface area contributed by atoms with Gasteiger partial charge in [-0.05, 0) is 64.3 Å². The van der Waals surface area contributed by atoms with Crippen LogP contribution in [0.1, 0.15) is 83.6 Å². The number of aryl methyl sites for hydroxylation is 1. The van der Waals surface area contributed by atoms with Crippen LogP contribution in [-0.4, -0.2) is 36.1 Å². The number of nitrogens with one attached hydrogen (secondary N) is 2. The third-order valence-electron chi connectivity index (χ3n) is 6.01. The molecule has 0 aliphatic heterocycles. The van der Waals surface area contributed by atoms with Gasteiger partial charge in [0, 0.05) is 48.4 Å². The smallest absolute Gasteiger partial charge is 0.257 e.